The summed E-state index contributed by atoms with van der Waals surface area (Å²) in [7, 11) is 0. The minimum absolute atomic E-state index is 0.226. The maximum absolute atomic E-state index is 11.3. The Balaban J connectivity index is 3.13. The number of carbonyl (C=O) groups is 1. The molecule has 0 amide bonds. The maximum Gasteiger partial charge on any atom is 0.350 e. The number of aromatic amines is 1. The first-order valence-corrected chi connectivity index (χ1v) is 4.95. The molecule has 0 aliphatic heterocycles. The predicted molar refractivity (Wildman–Crippen MR) is 57.9 cm³/mol. The van der Waals surface area contributed by atoms with Crippen molar-refractivity contribution in [1.29, 1.82) is 0 Å². The first kappa shape index (κ1) is 12.8. The summed E-state index contributed by atoms with van der Waals surface area (Å²) in [4.78, 5) is 45.0. The number of aromatic nitrogens is 2. The van der Waals surface area contributed by atoms with Crippen molar-refractivity contribution in [1.82, 2.24) is 9.55 Å². The summed E-state index contributed by atoms with van der Waals surface area (Å²) in [6, 6.07) is 0. The fourth-order valence-corrected chi connectivity index (χ4v) is 1.29. The van der Waals surface area contributed by atoms with Gasteiger partial charge in [-0.05, 0) is 6.42 Å². The molecule has 1 rings (SSSR count). The lowest BCUT2D eigenvalue weighted by Gasteiger charge is -2.02. The van der Waals surface area contributed by atoms with Crippen LogP contribution in [-0.2, 0) is 11.3 Å². The molecule has 8 heteroatoms. The smallest absolute Gasteiger partial charge is 0.298 e. The number of hydrogen-bond acceptors (Lipinski definition) is 5. The van der Waals surface area contributed by atoms with Crippen LogP contribution in [0.2, 0.25) is 0 Å². The minimum atomic E-state index is -1.07. The average Bonchev–Trinajstić information content (AvgIpc) is 2.21. The van der Waals surface area contributed by atoms with Crippen LogP contribution in [0.3, 0.4) is 0 Å². The number of rotatable bonds is 5. The molecular formula is C9H11N3O5. The summed E-state index contributed by atoms with van der Waals surface area (Å²) >= 11 is 0. The fourth-order valence-electron chi connectivity index (χ4n) is 1.29. The van der Waals surface area contributed by atoms with E-state index in [0.29, 0.717) is 6.42 Å². The van der Waals surface area contributed by atoms with Crippen LogP contribution in [0.25, 0.3) is 0 Å². The highest BCUT2D eigenvalue weighted by molar-refractivity contribution is 5.78. The molecule has 0 aromatic carbocycles. The zero-order valence-corrected chi connectivity index (χ0v) is 9.13. The maximum atomic E-state index is 11.3. The Morgan fingerprint density at radius 2 is 2.18 bits per heavy atom. The van der Waals surface area contributed by atoms with E-state index in [4.69, 9.17) is 0 Å². The summed E-state index contributed by atoms with van der Waals surface area (Å²) in [5.74, 6) is -0.226. The van der Waals surface area contributed by atoms with Gasteiger partial charge in [0.05, 0.1) is 17.7 Å². The van der Waals surface area contributed by atoms with Crippen molar-refractivity contribution < 1.29 is 9.72 Å². The molecule has 0 aliphatic carbocycles. The van der Waals surface area contributed by atoms with Crippen LogP contribution in [-0.4, -0.2) is 20.3 Å². The van der Waals surface area contributed by atoms with Crippen molar-refractivity contribution in [2.75, 3.05) is 0 Å². The van der Waals surface area contributed by atoms with Gasteiger partial charge >= 0.3 is 16.9 Å². The van der Waals surface area contributed by atoms with Gasteiger partial charge in [-0.15, -0.1) is 0 Å². The fraction of sp³-hybridized carbons (Fsp3) is 0.444. The van der Waals surface area contributed by atoms with Crippen LogP contribution < -0.4 is 11.2 Å². The number of Topliss-reactive ketones (excluding diaryl/α,β-unsaturated/α-hetero) is 1. The van der Waals surface area contributed by atoms with Gasteiger partial charge in [0, 0.05) is 6.42 Å². The van der Waals surface area contributed by atoms with Gasteiger partial charge in [0.2, 0.25) is 0 Å². The van der Waals surface area contributed by atoms with E-state index in [1.54, 1.807) is 11.9 Å². The molecule has 8 nitrogen and oxygen atoms in total. The van der Waals surface area contributed by atoms with Crippen molar-refractivity contribution in [3.63, 3.8) is 0 Å². The molecule has 1 heterocycles. The first-order chi connectivity index (χ1) is 7.95. The van der Waals surface area contributed by atoms with Crippen LogP contribution in [0.1, 0.15) is 19.8 Å². The van der Waals surface area contributed by atoms with Crippen LogP contribution in [0, 0.1) is 10.1 Å². The molecule has 0 radical (unpaired) electrons. The third kappa shape index (κ3) is 3.10. The largest absolute Gasteiger partial charge is 0.350 e. The SMILES string of the molecule is CCCC(=O)Cn1cc([N+](=O)[O-])c(=O)[nH]c1=O. The summed E-state index contributed by atoms with van der Waals surface area (Å²) in [5.41, 5.74) is -2.65. The van der Waals surface area contributed by atoms with E-state index in [1.807, 2.05) is 0 Å². The third-order valence-electron chi connectivity index (χ3n) is 2.06. The Bertz CT molecular complexity index is 556. The molecule has 0 unspecified atom stereocenters. The third-order valence-corrected chi connectivity index (χ3v) is 2.06. The van der Waals surface area contributed by atoms with Gasteiger partial charge in [-0.25, -0.2) is 4.79 Å². The van der Waals surface area contributed by atoms with E-state index in [-0.39, 0.29) is 18.7 Å². The summed E-state index contributed by atoms with van der Waals surface area (Å²) < 4.78 is 0.831. The van der Waals surface area contributed by atoms with Gasteiger partial charge in [-0.3, -0.25) is 29.3 Å². The summed E-state index contributed by atoms with van der Waals surface area (Å²) in [6.45, 7) is 1.53. The Hall–Kier alpha value is -2.25. The van der Waals surface area contributed by atoms with E-state index in [9.17, 15) is 24.5 Å². The molecule has 0 saturated carbocycles. The number of nitrogens with one attached hydrogen (secondary N) is 1. The van der Waals surface area contributed by atoms with Gasteiger partial charge in [0.1, 0.15) is 0 Å². The van der Waals surface area contributed by atoms with Crippen molar-refractivity contribution in [3.05, 3.63) is 37.1 Å². The number of carbonyl (C=O) groups excluding carboxylic acids is 1. The number of H-pyrrole nitrogens is 1. The number of ketones is 1. The van der Waals surface area contributed by atoms with E-state index < -0.39 is 21.9 Å². The van der Waals surface area contributed by atoms with Gasteiger partial charge in [0.25, 0.3) is 0 Å². The van der Waals surface area contributed by atoms with Crippen molar-refractivity contribution in [3.8, 4) is 0 Å². The Morgan fingerprint density at radius 3 is 2.71 bits per heavy atom. The van der Waals surface area contributed by atoms with E-state index in [2.05, 4.69) is 0 Å². The molecule has 1 N–H and O–H groups in total. The van der Waals surface area contributed by atoms with E-state index in [0.717, 1.165) is 10.8 Å². The lowest BCUT2D eigenvalue weighted by molar-refractivity contribution is -0.386. The molecule has 92 valence electrons. The molecule has 1 aromatic rings. The number of nitro groups is 1. The van der Waals surface area contributed by atoms with Gasteiger partial charge in [-0.1, -0.05) is 6.92 Å². The zero-order chi connectivity index (χ0) is 13.0. The van der Waals surface area contributed by atoms with Gasteiger partial charge in [-0.2, -0.15) is 0 Å². The number of nitrogens with zero attached hydrogens (tertiary/aromatic N) is 2. The second kappa shape index (κ2) is 5.19. The van der Waals surface area contributed by atoms with Gasteiger partial charge < -0.3 is 0 Å². The Labute approximate surface area is 95.0 Å². The lowest BCUT2D eigenvalue weighted by atomic mass is 10.2. The molecule has 1 aromatic heterocycles. The Morgan fingerprint density at radius 1 is 1.53 bits per heavy atom. The van der Waals surface area contributed by atoms with Crippen LogP contribution in [0.15, 0.2) is 15.8 Å². The highest BCUT2D eigenvalue weighted by Crippen LogP contribution is 2.00. The van der Waals surface area contributed by atoms with Crippen molar-refractivity contribution >= 4 is 11.5 Å². The highest BCUT2D eigenvalue weighted by atomic mass is 16.6. The number of hydrogen-bond donors (Lipinski definition) is 1. The van der Waals surface area contributed by atoms with Gasteiger partial charge in [0.15, 0.2) is 5.78 Å². The predicted octanol–water partition coefficient (Wildman–Crippen LogP) is -0.186. The standard InChI is InChI=1S/C9H11N3O5/c1-2-3-6(13)4-11-5-7(12(16)17)8(14)10-9(11)15/h5H,2-4H2,1H3,(H,10,14,15). The summed E-state index contributed by atoms with van der Waals surface area (Å²) in [6.07, 6.45) is 1.69. The molecule has 0 saturated heterocycles. The molecule has 0 fully saturated rings. The second-order valence-electron chi connectivity index (χ2n) is 3.45. The second-order valence-corrected chi connectivity index (χ2v) is 3.45. The lowest BCUT2D eigenvalue weighted by Crippen LogP contribution is -2.32. The highest BCUT2D eigenvalue weighted by Gasteiger charge is 2.15. The van der Waals surface area contributed by atoms with Crippen molar-refractivity contribution in [2.24, 2.45) is 0 Å². The molecule has 0 atom stereocenters. The Kier molecular flexibility index (Phi) is 3.91. The molecule has 17 heavy (non-hydrogen) atoms. The monoisotopic (exact) mass is 241 g/mol. The molecular weight excluding hydrogens is 230 g/mol. The van der Waals surface area contributed by atoms with E-state index >= 15 is 0 Å². The summed E-state index contributed by atoms with van der Waals surface area (Å²) in [5, 5.41) is 10.5. The van der Waals surface area contributed by atoms with Crippen LogP contribution >= 0.6 is 0 Å². The quantitative estimate of drug-likeness (QED) is 0.566. The first-order valence-electron chi connectivity index (χ1n) is 4.95. The van der Waals surface area contributed by atoms with E-state index in [1.165, 1.54) is 0 Å². The molecule has 0 bridgehead atoms. The van der Waals surface area contributed by atoms with Crippen LogP contribution in [0.5, 0.6) is 0 Å². The molecule has 0 spiro atoms. The topological polar surface area (TPSA) is 115 Å². The van der Waals surface area contributed by atoms with Crippen LogP contribution in [0.4, 0.5) is 5.69 Å². The minimum Gasteiger partial charge on any atom is -0.298 e. The normalized spacial score (nSPS) is 10.2. The zero-order valence-electron chi connectivity index (χ0n) is 9.13. The van der Waals surface area contributed by atoms with Crippen molar-refractivity contribution in [2.45, 2.75) is 26.3 Å². The average molecular weight is 241 g/mol. The molecule has 0 aliphatic rings.